The molecule has 0 aliphatic carbocycles. The normalized spacial score (nSPS) is 20.0. The molecule has 128 valence electrons. The van der Waals surface area contributed by atoms with E-state index in [0.29, 0.717) is 13.0 Å². The van der Waals surface area contributed by atoms with Gasteiger partial charge in [0, 0.05) is 26.2 Å². The Hall–Kier alpha value is -1.44. The monoisotopic (exact) mass is 340 g/mol. The minimum absolute atomic E-state index is 0.152. The lowest BCUT2D eigenvalue weighted by molar-refractivity contribution is -0.141. The van der Waals surface area contributed by atoms with Gasteiger partial charge in [-0.05, 0) is 25.8 Å². The summed E-state index contributed by atoms with van der Waals surface area (Å²) < 4.78 is 32.4. The summed E-state index contributed by atoms with van der Waals surface area (Å²) >= 11 is 0. The zero-order chi connectivity index (χ0) is 17.0. The SMILES string of the molecule is CO[C@@H](C(=O)N1CC[C@@H](S(=O)(=O)NC(C)C)C1)c1ccccc1. The van der Waals surface area contributed by atoms with Gasteiger partial charge < -0.3 is 9.64 Å². The van der Waals surface area contributed by atoms with Gasteiger partial charge in [0.1, 0.15) is 0 Å². The molecule has 0 saturated carbocycles. The van der Waals surface area contributed by atoms with Crippen LogP contribution in [-0.2, 0) is 19.6 Å². The number of benzene rings is 1. The summed E-state index contributed by atoms with van der Waals surface area (Å²) in [7, 11) is -1.92. The number of carbonyl (C=O) groups excluding carboxylic acids is 1. The highest BCUT2D eigenvalue weighted by molar-refractivity contribution is 7.90. The second-order valence-corrected chi connectivity index (χ2v) is 8.03. The highest BCUT2D eigenvalue weighted by Crippen LogP contribution is 2.24. The van der Waals surface area contributed by atoms with E-state index in [1.165, 1.54) is 7.11 Å². The van der Waals surface area contributed by atoms with Crippen LogP contribution in [0.5, 0.6) is 0 Å². The maximum absolute atomic E-state index is 12.7. The number of likely N-dealkylation sites (tertiary alicyclic amines) is 1. The molecule has 1 aromatic carbocycles. The van der Waals surface area contributed by atoms with E-state index < -0.39 is 21.4 Å². The summed E-state index contributed by atoms with van der Waals surface area (Å²) in [5.74, 6) is -0.194. The summed E-state index contributed by atoms with van der Waals surface area (Å²) in [6.07, 6.45) is -0.255. The molecule has 0 bridgehead atoms. The number of sulfonamides is 1. The van der Waals surface area contributed by atoms with Crippen LogP contribution in [0, 0.1) is 0 Å². The van der Waals surface area contributed by atoms with Crippen molar-refractivity contribution >= 4 is 15.9 Å². The van der Waals surface area contributed by atoms with Crippen LogP contribution < -0.4 is 4.72 Å². The summed E-state index contributed by atoms with van der Waals surface area (Å²) in [5.41, 5.74) is 0.770. The molecular formula is C16H24N2O4S. The molecular weight excluding hydrogens is 316 g/mol. The van der Waals surface area contributed by atoms with Crippen LogP contribution in [0.2, 0.25) is 0 Å². The van der Waals surface area contributed by atoms with E-state index in [4.69, 9.17) is 4.74 Å². The van der Waals surface area contributed by atoms with E-state index >= 15 is 0 Å². The van der Waals surface area contributed by atoms with Crippen LogP contribution in [0.15, 0.2) is 30.3 Å². The molecule has 6 nitrogen and oxygen atoms in total. The predicted octanol–water partition coefficient (Wildman–Crippen LogP) is 1.30. The van der Waals surface area contributed by atoms with Crippen molar-refractivity contribution in [1.82, 2.24) is 9.62 Å². The number of amides is 1. The zero-order valence-corrected chi connectivity index (χ0v) is 14.5. The molecule has 1 N–H and O–H groups in total. The number of rotatable bonds is 6. The smallest absolute Gasteiger partial charge is 0.256 e. The Morgan fingerprint density at radius 1 is 1.30 bits per heavy atom. The fourth-order valence-electron chi connectivity index (χ4n) is 2.78. The summed E-state index contributed by atoms with van der Waals surface area (Å²) in [5, 5.41) is -0.567. The van der Waals surface area contributed by atoms with Crippen LogP contribution in [0.3, 0.4) is 0 Å². The van der Waals surface area contributed by atoms with E-state index in [1.54, 1.807) is 18.7 Å². The molecule has 1 fully saturated rings. The van der Waals surface area contributed by atoms with Gasteiger partial charge in [0.05, 0.1) is 5.25 Å². The molecule has 7 heteroatoms. The van der Waals surface area contributed by atoms with E-state index in [9.17, 15) is 13.2 Å². The molecule has 1 aliphatic heterocycles. The maximum atomic E-state index is 12.7. The van der Waals surface area contributed by atoms with Crippen molar-refractivity contribution in [3.05, 3.63) is 35.9 Å². The molecule has 2 rings (SSSR count). The fourth-order valence-corrected chi connectivity index (χ4v) is 4.42. The highest BCUT2D eigenvalue weighted by atomic mass is 32.2. The second kappa shape index (κ2) is 7.42. The maximum Gasteiger partial charge on any atom is 0.256 e. The Labute approximate surface area is 137 Å². The predicted molar refractivity (Wildman–Crippen MR) is 88.4 cm³/mol. The van der Waals surface area contributed by atoms with Gasteiger partial charge in [-0.1, -0.05) is 30.3 Å². The first-order valence-electron chi connectivity index (χ1n) is 7.73. The molecule has 1 heterocycles. The Kier molecular flexibility index (Phi) is 5.78. The standard InChI is InChI=1S/C16H24N2O4S/c1-12(2)17-23(20,21)14-9-10-18(11-14)16(19)15(22-3)13-7-5-4-6-8-13/h4-8,12,14-15,17H,9-11H2,1-3H3/t14-,15-/m1/s1. The van der Waals surface area contributed by atoms with Crippen molar-refractivity contribution in [2.45, 2.75) is 37.7 Å². The first-order chi connectivity index (χ1) is 10.8. The average Bonchev–Trinajstić information content (AvgIpc) is 2.98. The topological polar surface area (TPSA) is 75.7 Å². The number of hydrogen-bond acceptors (Lipinski definition) is 4. The van der Waals surface area contributed by atoms with Gasteiger partial charge in [-0.25, -0.2) is 13.1 Å². The fraction of sp³-hybridized carbons (Fsp3) is 0.562. The van der Waals surface area contributed by atoms with Crippen molar-refractivity contribution in [1.29, 1.82) is 0 Å². The van der Waals surface area contributed by atoms with Crippen molar-refractivity contribution in [2.24, 2.45) is 0 Å². The quantitative estimate of drug-likeness (QED) is 0.847. The lowest BCUT2D eigenvalue weighted by atomic mass is 10.1. The van der Waals surface area contributed by atoms with Crippen LogP contribution in [-0.4, -0.2) is 50.7 Å². The Bertz CT molecular complexity index is 631. The molecule has 0 aromatic heterocycles. The van der Waals surface area contributed by atoms with E-state index in [2.05, 4.69) is 4.72 Å². The molecule has 1 saturated heterocycles. The van der Waals surface area contributed by atoms with Gasteiger partial charge in [-0.2, -0.15) is 0 Å². The molecule has 1 aliphatic rings. The zero-order valence-electron chi connectivity index (χ0n) is 13.7. The first-order valence-corrected chi connectivity index (χ1v) is 9.27. The Morgan fingerprint density at radius 3 is 2.52 bits per heavy atom. The molecule has 1 aromatic rings. The van der Waals surface area contributed by atoms with Crippen molar-refractivity contribution in [3.63, 3.8) is 0 Å². The van der Waals surface area contributed by atoms with E-state index in [1.807, 2.05) is 30.3 Å². The molecule has 1 amide bonds. The Balaban J connectivity index is 2.07. The van der Waals surface area contributed by atoms with Crippen molar-refractivity contribution in [2.75, 3.05) is 20.2 Å². The van der Waals surface area contributed by atoms with Gasteiger partial charge in [0.2, 0.25) is 10.0 Å². The molecule has 0 unspecified atom stereocenters. The van der Waals surface area contributed by atoms with Gasteiger partial charge in [-0.3, -0.25) is 4.79 Å². The highest BCUT2D eigenvalue weighted by Gasteiger charge is 2.37. The minimum atomic E-state index is -3.41. The van der Waals surface area contributed by atoms with E-state index in [-0.39, 0.29) is 18.5 Å². The van der Waals surface area contributed by atoms with Crippen LogP contribution in [0.4, 0.5) is 0 Å². The third-order valence-corrected chi connectivity index (χ3v) is 5.92. The van der Waals surface area contributed by atoms with E-state index in [0.717, 1.165) is 5.56 Å². The van der Waals surface area contributed by atoms with Crippen LogP contribution in [0.25, 0.3) is 0 Å². The number of nitrogens with zero attached hydrogens (tertiary/aromatic N) is 1. The Morgan fingerprint density at radius 2 is 1.96 bits per heavy atom. The van der Waals surface area contributed by atoms with Crippen LogP contribution >= 0.6 is 0 Å². The number of ether oxygens (including phenoxy) is 1. The second-order valence-electron chi connectivity index (χ2n) is 6.04. The summed E-state index contributed by atoms with van der Waals surface area (Å²) in [4.78, 5) is 14.2. The first kappa shape index (κ1) is 17.9. The minimum Gasteiger partial charge on any atom is -0.367 e. The molecule has 2 atom stereocenters. The third kappa shape index (κ3) is 4.31. The third-order valence-electron chi connectivity index (χ3n) is 3.86. The van der Waals surface area contributed by atoms with Gasteiger partial charge >= 0.3 is 0 Å². The summed E-state index contributed by atoms with van der Waals surface area (Å²) in [6, 6.07) is 9.07. The average molecular weight is 340 g/mol. The van der Waals surface area contributed by atoms with Crippen molar-refractivity contribution < 1.29 is 17.9 Å². The largest absolute Gasteiger partial charge is 0.367 e. The van der Waals surface area contributed by atoms with Gasteiger partial charge in [0.15, 0.2) is 6.10 Å². The molecule has 0 spiro atoms. The molecule has 23 heavy (non-hydrogen) atoms. The number of carbonyl (C=O) groups is 1. The van der Waals surface area contributed by atoms with Gasteiger partial charge in [0.25, 0.3) is 5.91 Å². The number of methoxy groups -OCH3 is 1. The number of hydrogen-bond donors (Lipinski definition) is 1. The lowest BCUT2D eigenvalue weighted by Gasteiger charge is -2.23. The molecule has 0 radical (unpaired) electrons. The van der Waals surface area contributed by atoms with Crippen LogP contribution in [0.1, 0.15) is 31.9 Å². The van der Waals surface area contributed by atoms with Crippen molar-refractivity contribution in [3.8, 4) is 0 Å². The summed E-state index contributed by atoms with van der Waals surface area (Å²) in [6.45, 7) is 4.19. The van der Waals surface area contributed by atoms with Gasteiger partial charge in [-0.15, -0.1) is 0 Å². The number of nitrogens with one attached hydrogen (secondary N) is 1. The lowest BCUT2D eigenvalue weighted by Crippen LogP contribution is -2.41.